The van der Waals surface area contributed by atoms with Crippen LogP contribution in [-0.4, -0.2) is 50.7 Å². The van der Waals surface area contributed by atoms with Gasteiger partial charge in [-0.3, -0.25) is 9.48 Å². The maximum Gasteiger partial charge on any atom is 0.401 e. The number of methoxy groups -OCH3 is 1. The van der Waals surface area contributed by atoms with Crippen LogP contribution in [0.25, 0.3) is 11.1 Å². The molecule has 10 nitrogen and oxygen atoms in total. The van der Waals surface area contributed by atoms with Crippen molar-refractivity contribution in [1.29, 1.82) is 0 Å². The molecule has 1 aromatic carbocycles. The molecule has 4 aromatic rings. The highest BCUT2D eigenvalue weighted by atomic mass is 19.4. The molecular formula is C28H27F4N7O3. The Hall–Kier alpha value is -4.33. The summed E-state index contributed by atoms with van der Waals surface area (Å²) in [5.41, 5.74) is 0.948. The number of nitrogens with zero attached hydrogens (tertiary/aromatic N) is 5. The quantitative estimate of drug-likeness (QED) is 0.221. The second-order valence-electron chi connectivity index (χ2n) is 10.6. The van der Waals surface area contributed by atoms with Crippen LogP contribution in [0.4, 0.5) is 35.0 Å². The van der Waals surface area contributed by atoms with Crippen LogP contribution in [0.2, 0.25) is 0 Å². The molecule has 0 aliphatic heterocycles. The molecule has 6 rings (SSSR count). The third kappa shape index (κ3) is 5.71. The number of hydrogen-bond donors (Lipinski definition) is 2. The van der Waals surface area contributed by atoms with Crippen molar-refractivity contribution in [3.8, 4) is 11.1 Å². The number of ether oxygens (including phenoxy) is 1. The van der Waals surface area contributed by atoms with E-state index in [0.717, 1.165) is 30.3 Å². The molecule has 0 bridgehead atoms. The van der Waals surface area contributed by atoms with Gasteiger partial charge in [0, 0.05) is 43.2 Å². The van der Waals surface area contributed by atoms with E-state index >= 15 is 0 Å². The van der Waals surface area contributed by atoms with Crippen LogP contribution < -0.4 is 10.6 Å². The van der Waals surface area contributed by atoms with E-state index in [0.29, 0.717) is 36.1 Å². The Morgan fingerprint density at radius 3 is 2.57 bits per heavy atom. The third-order valence-electron chi connectivity index (χ3n) is 7.46. The van der Waals surface area contributed by atoms with Crippen molar-refractivity contribution in [3.63, 3.8) is 0 Å². The van der Waals surface area contributed by atoms with Crippen molar-refractivity contribution in [2.24, 2.45) is 0 Å². The molecule has 2 aliphatic carbocycles. The lowest BCUT2D eigenvalue weighted by atomic mass is 10.0. The maximum absolute atomic E-state index is 14.9. The molecule has 2 saturated carbocycles. The number of alkyl halides is 3. The first-order chi connectivity index (χ1) is 20.1. The van der Waals surface area contributed by atoms with Crippen LogP contribution in [-0.2, 0) is 27.9 Å². The molecule has 220 valence electrons. The SMILES string of the molecule is COCCn1cc(Nc2ncc(-c3ccc(CC(=O)Nc4cc(C5(C(F)(F)F)CC5)on4)c(F)c3)cn2)c(C2CC2)n1. The average molecular weight is 586 g/mol. The predicted octanol–water partition coefficient (Wildman–Crippen LogP) is 5.51. The molecule has 2 N–H and O–H groups in total. The Morgan fingerprint density at radius 2 is 1.93 bits per heavy atom. The van der Waals surface area contributed by atoms with Crippen molar-refractivity contribution in [2.45, 2.75) is 56.2 Å². The summed E-state index contributed by atoms with van der Waals surface area (Å²) >= 11 is 0. The van der Waals surface area contributed by atoms with Gasteiger partial charge in [0.1, 0.15) is 11.2 Å². The van der Waals surface area contributed by atoms with Crippen LogP contribution in [0, 0.1) is 5.82 Å². The van der Waals surface area contributed by atoms with E-state index in [-0.39, 0.29) is 36.4 Å². The zero-order valence-electron chi connectivity index (χ0n) is 22.5. The molecular weight excluding hydrogens is 558 g/mol. The molecule has 14 heteroatoms. The Kier molecular flexibility index (Phi) is 7.17. The largest absolute Gasteiger partial charge is 0.401 e. The summed E-state index contributed by atoms with van der Waals surface area (Å²) in [5, 5.41) is 13.8. The lowest BCUT2D eigenvalue weighted by molar-refractivity contribution is -0.165. The summed E-state index contributed by atoms with van der Waals surface area (Å²) in [4.78, 5) is 21.2. The standard InChI is InChI=1S/C28H27F4N7O3/c1-41-9-8-39-15-21(25(37-39)16-2-3-16)35-26-33-13-19(14-34-26)17-4-5-18(20(29)10-17)11-24(40)36-23-12-22(42-38-23)27(6-7-27)28(30,31)32/h4-5,10,12-16H,2-3,6-9,11H2,1H3,(H,33,34,35)(H,36,38,40). The van der Waals surface area contributed by atoms with Gasteiger partial charge in [0.15, 0.2) is 11.6 Å². The van der Waals surface area contributed by atoms with Crippen LogP contribution in [0.15, 0.2) is 47.4 Å². The van der Waals surface area contributed by atoms with Gasteiger partial charge in [-0.25, -0.2) is 14.4 Å². The number of aromatic nitrogens is 5. The molecule has 0 unspecified atom stereocenters. The minimum Gasteiger partial charge on any atom is -0.383 e. The van der Waals surface area contributed by atoms with Crippen molar-refractivity contribution in [2.75, 3.05) is 24.4 Å². The number of carbonyl (C=O) groups excluding carboxylic acids is 1. The monoisotopic (exact) mass is 585 g/mol. The van der Waals surface area contributed by atoms with Crippen molar-refractivity contribution >= 4 is 23.4 Å². The summed E-state index contributed by atoms with van der Waals surface area (Å²) in [6, 6.07) is 5.44. The highest BCUT2D eigenvalue weighted by molar-refractivity contribution is 5.91. The summed E-state index contributed by atoms with van der Waals surface area (Å²) in [6.07, 6.45) is 2.21. The van der Waals surface area contributed by atoms with Crippen molar-refractivity contribution < 1.29 is 31.6 Å². The summed E-state index contributed by atoms with van der Waals surface area (Å²) in [6.45, 7) is 1.18. The fourth-order valence-corrected chi connectivity index (χ4v) is 4.74. The number of nitrogens with one attached hydrogen (secondary N) is 2. The van der Waals surface area contributed by atoms with E-state index in [2.05, 4.69) is 30.9 Å². The molecule has 0 atom stereocenters. The minimum atomic E-state index is -4.46. The predicted molar refractivity (Wildman–Crippen MR) is 143 cm³/mol. The van der Waals surface area contributed by atoms with Gasteiger partial charge in [0.05, 0.1) is 31.0 Å². The van der Waals surface area contributed by atoms with Gasteiger partial charge in [0.2, 0.25) is 11.9 Å². The topological polar surface area (TPSA) is 120 Å². The zero-order valence-corrected chi connectivity index (χ0v) is 22.5. The van der Waals surface area contributed by atoms with Gasteiger partial charge in [-0.2, -0.15) is 18.3 Å². The molecule has 42 heavy (non-hydrogen) atoms. The van der Waals surface area contributed by atoms with Crippen LogP contribution in [0.3, 0.4) is 0 Å². The third-order valence-corrected chi connectivity index (χ3v) is 7.46. The van der Waals surface area contributed by atoms with Crippen molar-refractivity contribution in [1.82, 2.24) is 24.9 Å². The van der Waals surface area contributed by atoms with E-state index in [1.165, 1.54) is 12.1 Å². The zero-order chi connectivity index (χ0) is 29.5. The van der Waals surface area contributed by atoms with Crippen LogP contribution >= 0.6 is 0 Å². The Balaban J connectivity index is 1.08. The highest BCUT2D eigenvalue weighted by Crippen LogP contribution is 2.59. The van der Waals surface area contributed by atoms with Gasteiger partial charge < -0.3 is 19.9 Å². The summed E-state index contributed by atoms with van der Waals surface area (Å²) in [5.74, 6) is -0.980. The number of amides is 1. The first kappa shape index (κ1) is 27.8. The molecule has 1 amide bonds. The minimum absolute atomic E-state index is 0.0940. The first-order valence-corrected chi connectivity index (χ1v) is 13.4. The number of hydrogen-bond acceptors (Lipinski definition) is 8. The smallest absolute Gasteiger partial charge is 0.383 e. The first-order valence-electron chi connectivity index (χ1n) is 13.4. The molecule has 2 aliphatic rings. The molecule has 0 saturated heterocycles. The lowest BCUT2D eigenvalue weighted by Crippen LogP contribution is -2.28. The fraction of sp³-hybridized carbons (Fsp3) is 0.393. The van der Waals surface area contributed by atoms with Crippen molar-refractivity contribution in [3.05, 3.63) is 65.7 Å². The normalized spacial score (nSPS) is 15.9. The average Bonchev–Trinajstić information content (AvgIpc) is 3.88. The van der Waals surface area contributed by atoms with Gasteiger partial charge in [-0.05, 0) is 42.9 Å². The number of halogens is 4. The van der Waals surface area contributed by atoms with E-state index < -0.39 is 23.3 Å². The number of carbonyl (C=O) groups is 1. The van der Waals surface area contributed by atoms with E-state index in [1.54, 1.807) is 25.6 Å². The molecule has 2 fully saturated rings. The molecule has 0 spiro atoms. The van der Waals surface area contributed by atoms with Gasteiger partial charge in [-0.1, -0.05) is 17.3 Å². The van der Waals surface area contributed by atoms with Crippen LogP contribution in [0.5, 0.6) is 0 Å². The Bertz CT molecular complexity index is 1590. The maximum atomic E-state index is 14.9. The van der Waals surface area contributed by atoms with Gasteiger partial charge >= 0.3 is 6.18 Å². The fourth-order valence-electron chi connectivity index (χ4n) is 4.74. The number of anilines is 3. The van der Waals surface area contributed by atoms with Gasteiger partial charge in [0.25, 0.3) is 0 Å². The number of benzene rings is 1. The second-order valence-corrected chi connectivity index (χ2v) is 10.6. The molecule has 0 radical (unpaired) electrons. The molecule has 3 heterocycles. The Morgan fingerprint density at radius 1 is 1.17 bits per heavy atom. The van der Waals surface area contributed by atoms with E-state index in [4.69, 9.17) is 9.26 Å². The van der Waals surface area contributed by atoms with E-state index in [1.807, 2.05) is 10.9 Å². The molecule has 3 aromatic heterocycles. The summed E-state index contributed by atoms with van der Waals surface area (Å²) in [7, 11) is 1.64. The highest BCUT2D eigenvalue weighted by Gasteiger charge is 2.66. The van der Waals surface area contributed by atoms with Crippen LogP contribution in [0.1, 0.15) is 48.6 Å². The van der Waals surface area contributed by atoms with Gasteiger partial charge in [-0.15, -0.1) is 0 Å². The second kappa shape index (κ2) is 10.8. The number of rotatable bonds is 11. The summed E-state index contributed by atoms with van der Waals surface area (Å²) < 4.78 is 66.6. The van der Waals surface area contributed by atoms with E-state index in [9.17, 15) is 22.4 Å². The lowest BCUT2D eigenvalue weighted by Gasteiger charge is -2.14. The Labute approximate surface area is 237 Å².